The number of phenols is 2. The Morgan fingerprint density at radius 2 is 1.95 bits per heavy atom. The van der Waals surface area contributed by atoms with Crippen LogP contribution < -0.4 is 0 Å². The highest BCUT2D eigenvalue weighted by atomic mass is 19.1. The van der Waals surface area contributed by atoms with Gasteiger partial charge in [0.25, 0.3) is 5.89 Å². The number of hydrogen-bond acceptors (Lipinski definition) is 5. The van der Waals surface area contributed by atoms with Crippen LogP contribution in [-0.4, -0.2) is 20.4 Å². The maximum atomic E-state index is 13.1. The van der Waals surface area contributed by atoms with Gasteiger partial charge in [-0.3, -0.25) is 0 Å². The van der Waals surface area contributed by atoms with Crippen LogP contribution in [0.4, 0.5) is 4.39 Å². The van der Waals surface area contributed by atoms with Gasteiger partial charge in [0.2, 0.25) is 0 Å². The fourth-order valence-electron chi connectivity index (χ4n) is 1.97. The number of rotatable bonds is 3. The second-order valence-corrected chi connectivity index (χ2v) is 4.52. The first kappa shape index (κ1) is 13.1. The van der Waals surface area contributed by atoms with Gasteiger partial charge in [-0.1, -0.05) is 17.3 Å². The Kier molecular flexibility index (Phi) is 3.27. The van der Waals surface area contributed by atoms with Crippen molar-refractivity contribution in [1.29, 1.82) is 0 Å². The Morgan fingerprint density at radius 1 is 1.10 bits per heavy atom. The van der Waals surface area contributed by atoms with Crippen molar-refractivity contribution < 1.29 is 19.1 Å². The van der Waals surface area contributed by atoms with Gasteiger partial charge in [0.05, 0.1) is 5.56 Å². The third kappa shape index (κ3) is 2.84. The maximum Gasteiger partial charge on any atom is 0.261 e. The minimum atomic E-state index is -0.326. The summed E-state index contributed by atoms with van der Waals surface area (Å²) in [5, 5.41) is 22.8. The lowest BCUT2D eigenvalue weighted by Gasteiger charge is -1.99. The van der Waals surface area contributed by atoms with Crippen molar-refractivity contribution in [2.24, 2.45) is 0 Å². The van der Waals surface area contributed by atoms with Crippen LogP contribution in [0.1, 0.15) is 11.4 Å². The van der Waals surface area contributed by atoms with Gasteiger partial charge in [0.1, 0.15) is 17.3 Å². The molecule has 0 saturated carbocycles. The molecule has 0 saturated heterocycles. The Morgan fingerprint density at radius 3 is 2.71 bits per heavy atom. The molecule has 0 aliphatic rings. The molecule has 2 aromatic carbocycles. The Bertz CT molecular complexity index is 786. The van der Waals surface area contributed by atoms with E-state index < -0.39 is 0 Å². The zero-order valence-electron chi connectivity index (χ0n) is 10.8. The van der Waals surface area contributed by atoms with E-state index in [0.717, 1.165) is 5.56 Å². The summed E-state index contributed by atoms with van der Waals surface area (Å²) in [6, 6.07) is 10.2. The third-order valence-electron chi connectivity index (χ3n) is 2.93. The molecule has 0 bridgehead atoms. The van der Waals surface area contributed by atoms with E-state index in [1.54, 1.807) is 12.1 Å². The zero-order valence-corrected chi connectivity index (χ0v) is 10.8. The standard InChI is InChI=1S/C15H11FN2O3/c16-10-3-1-2-9(6-10)7-14-17-15(21-18-14)12-5-4-11(19)8-13(12)20/h1-6,8,19-20H,7H2. The van der Waals surface area contributed by atoms with E-state index in [9.17, 15) is 14.6 Å². The minimum absolute atomic E-state index is 0.0595. The van der Waals surface area contributed by atoms with E-state index in [-0.39, 0.29) is 23.2 Å². The van der Waals surface area contributed by atoms with Crippen LogP contribution in [-0.2, 0) is 6.42 Å². The lowest BCUT2D eigenvalue weighted by Crippen LogP contribution is -1.91. The number of halogens is 1. The van der Waals surface area contributed by atoms with Crippen molar-refractivity contribution in [3.8, 4) is 23.0 Å². The van der Waals surface area contributed by atoms with Crippen LogP contribution in [0, 0.1) is 5.82 Å². The second kappa shape index (κ2) is 5.24. The van der Waals surface area contributed by atoms with Gasteiger partial charge in [-0.25, -0.2) is 4.39 Å². The van der Waals surface area contributed by atoms with E-state index in [1.165, 1.54) is 30.3 Å². The lowest BCUT2D eigenvalue weighted by molar-refractivity contribution is 0.417. The molecule has 2 N–H and O–H groups in total. The smallest absolute Gasteiger partial charge is 0.261 e. The first-order valence-corrected chi connectivity index (χ1v) is 6.21. The summed E-state index contributed by atoms with van der Waals surface area (Å²) in [5.74, 6) is -0.0268. The van der Waals surface area contributed by atoms with E-state index in [1.807, 2.05) is 0 Å². The van der Waals surface area contributed by atoms with Crippen molar-refractivity contribution >= 4 is 0 Å². The number of aromatic hydroxyl groups is 2. The van der Waals surface area contributed by atoms with Crippen LogP contribution >= 0.6 is 0 Å². The molecule has 5 nitrogen and oxygen atoms in total. The molecule has 106 valence electrons. The fraction of sp³-hybridized carbons (Fsp3) is 0.0667. The largest absolute Gasteiger partial charge is 0.508 e. The monoisotopic (exact) mass is 286 g/mol. The van der Waals surface area contributed by atoms with Gasteiger partial charge < -0.3 is 14.7 Å². The van der Waals surface area contributed by atoms with Gasteiger partial charge in [0.15, 0.2) is 5.82 Å². The first-order chi connectivity index (χ1) is 10.1. The molecule has 0 amide bonds. The molecule has 1 aromatic heterocycles. The number of benzene rings is 2. The van der Waals surface area contributed by atoms with E-state index >= 15 is 0 Å². The average molecular weight is 286 g/mol. The van der Waals surface area contributed by atoms with Crippen LogP contribution in [0.25, 0.3) is 11.5 Å². The summed E-state index contributed by atoms with van der Waals surface area (Å²) in [6.45, 7) is 0. The summed E-state index contributed by atoms with van der Waals surface area (Å²) in [6.07, 6.45) is 0.320. The highest BCUT2D eigenvalue weighted by Crippen LogP contribution is 2.30. The number of aromatic nitrogens is 2. The summed E-state index contributed by atoms with van der Waals surface area (Å²) in [5.41, 5.74) is 1.04. The first-order valence-electron chi connectivity index (χ1n) is 6.21. The van der Waals surface area contributed by atoms with E-state index in [2.05, 4.69) is 10.1 Å². The van der Waals surface area contributed by atoms with Crippen LogP contribution in [0.15, 0.2) is 47.0 Å². The zero-order chi connectivity index (χ0) is 14.8. The molecular weight excluding hydrogens is 275 g/mol. The number of hydrogen-bond donors (Lipinski definition) is 2. The van der Waals surface area contributed by atoms with E-state index in [0.29, 0.717) is 17.8 Å². The van der Waals surface area contributed by atoms with Crippen molar-refractivity contribution in [1.82, 2.24) is 10.1 Å². The predicted octanol–water partition coefficient (Wildman–Crippen LogP) is 2.88. The Hall–Kier alpha value is -2.89. The molecule has 6 heteroatoms. The van der Waals surface area contributed by atoms with Gasteiger partial charge in [-0.05, 0) is 29.8 Å². The van der Waals surface area contributed by atoms with Crippen molar-refractivity contribution in [2.75, 3.05) is 0 Å². The van der Waals surface area contributed by atoms with Crippen LogP contribution in [0.3, 0.4) is 0 Å². The van der Waals surface area contributed by atoms with Gasteiger partial charge in [-0.15, -0.1) is 0 Å². The van der Waals surface area contributed by atoms with Crippen molar-refractivity contribution in [3.63, 3.8) is 0 Å². The quantitative estimate of drug-likeness (QED) is 0.774. The highest BCUT2D eigenvalue weighted by Gasteiger charge is 2.13. The molecule has 0 unspecified atom stereocenters. The van der Waals surface area contributed by atoms with Gasteiger partial charge >= 0.3 is 0 Å². The molecule has 21 heavy (non-hydrogen) atoms. The fourth-order valence-corrected chi connectivity index (χ4v) is 1.97. The summed E-state index contributed by atoms with van der Waals surface area (Å²) in [7, 11) is 0. The normalized spacial score (nSPS) is 10.7. The molecule has 0 radical (unpaired) electrons. The van der Waals surface area contributed by atoms with Crippen LogP contribution in [0.5, 0.6) is 11.5 Å². The average Bonchev–Trinajstić information content (AvgIpc) is 2.87. The molecule has 0 atom stereocenters. The number of phenolic OH excluding ortho intramolecular Hbond substituents is 2. The molecule has 1 heterocycles. The topological polar surface area (TPSA) is 79.4 Å². The highest BCUT2D eigenvalue weighted by molar-refractivity contribution is 5.63. The molecule has 0 spiro atoms. The molecule has 3 rings (SSSR count). The second-order valence-electron chi connectivity index (χ2n) is 4.52. The van der Waals surface area contributed by atoms with Gasteiger partial charge in [0, 0.05) is 12.5 Å². The van der Waals surface area contributed by atoms with Crippen molar-refractivity contribution in [2.45, 2.75) is 6.42 Å². The summed E-state index contributed by atoms with van der Waals surface area (Å²) >= 11 is 0. The van der Waals surface area contributed by atoms with E-state index in [4.69, 9.17) is 4.52 Å². The predicted molar refractivity (Wildman–Crippen MR) is 72.3 cm³/mol. The molecule has 3 aromatic rings. The third-order valence-corrected chi connectivity index (χ3v) is 2.93. The lowest BCUT2D eigenvalue weighted by atomic mass is 10.1. The Balaban J connectivity index is 1.86. The number of nitrogens with zero attached hydrogens (tertiary/aromatic N) is 2. The molecule has 0 fully saturated rings. The molecule has 0 aliphatic carbocycles. The molecule has 0 aliphatic heterocycles. The molecular formula is C15H11FN2O3. The SMILES string of the molecule is Oc1ccc(-c2nc(Cc3cccc(F)c3)no2)c(O)c1. The Labute approximate surface area is 119 Å². The van der Waals surface area contributed by atoms with Gasteiger partial charge in [-0.2, -0.15) is 4.98 Å². The maximum absolute atomic E-state index is 13.1. The summed E-state index contributed by atoms with van der Waals surface area (Å²) in [4.78, 5) is 4.15. The van der Waals surface area contributed by atoms with Crippen LogP contribution in [0.2, 0.25) is 0 Å². The minimum Gasteiger partial charge on any atom is -0.508 e. The van der Waals surface area contributed by atoms with Crippen molar-refractivity contribution in [3.05, 3.63) is 59.7 Å². The summed E-state index contributed by atoms with van der Waals surface area (Å²) < 4.78 is 18.2.